The van der Waals surface area contributed by atoms with Crippen LogP contribution in [0.25, 0.3) is 0 Å². The molecule has 0 radical (unpaired) electrons. The van der Waals surface area contributed by atoms with E-state index >= 15 is 0 Å². The van der Waals surface area contributed by atoms with E-state index in [-0.39, 0.29) is 10.6 Å². The minimum absolute atomic E-state index is 0.0759. The Kier molecular flexibility index (Phi) is 5.73. The van der Waals surface area contributed by atoms with Gasteiger partial charge < -0.3 is 0 Å². The fourth-order valence-electron chi connectivity index (χ4n) is 2.51. The molecule has 0 unspecified atom stereocenters. The van der Waals surface area contributed by atoms with Gasteiger partial charge in [0.15, 0.2) is 0 Å². The molecule has 14 heteroatoms. The molecule has 160 valence electrons. The Morgan fingerprint density at radius 3 is 2.21 bits per heavy atom. The third-order valence-corrected chi connectivity index (χ3v) is 7.51. The molecule has 1 fully saturated rings. The largest absolute Gasteiger partial charge is 0.324 e. The lowest BCUT2D eigenvalue weighted by atomic mass is 10.2. The van der Waals surface area contributed by atoms with E-state index in [9.17, 15) is 30.0 Å². The van der Waals surface area contributed by atoms with Crippen molar-refractivity contribution in [1.82, 2.24) is 22.8 Å². The maximum atomic E-state index is 13.3. The zero-order valence-corrected chi connectivity index (χ0v) is 17.0. The Hall–Kier alpha value is -2.03. The Balaban J connectivity index is 2.04. The van der Waals surface area contributed by atoms with Crippen molar-refractivity contribution >= 4 is 20.2 Å². The first kappa shape index (κ1) is 21.7. The highest BCUT2D eigenvalue weighted by Crippen LogP contribution is 2.33. The summed E-state index contributed by atoms with van der Waals surface area (Å²) in [6.07, 6.45) is -2.29. The Morgan fingerprint density at radius 1 is 1.14 bits per heavy atom. The molecule has 0 spiro atoms. The second-order valence-corrected chi connectivity index (χ2v) is 10.4. The van der Waals surface area contributed by atoms with Gasteiger partial charge >= 0.3 is 10.2 Å². The topological polar surface area (TPSA) is 105 Å². The summed E-state index contributed by atoms with van der Waals surface area (Å²) in [6.45, 7) is -0.160. The Labute approximate surface area is 166 Å². The molecule has 2 aromatic rings. The van der Waals surface area contributed by atoms with Crippen LogP contribution in [-0.4, -0.2) is 59.8 Å². The Morgan fingerprint density at radius 2 is 1.72 bits per heavy atom. The highest BCUT2D eigenvalue weighted by molar-refractivity contribution is 7.89. The third-order valence-electron chi connectivity index (χ3n) is 4.20. The number of aromatic nitrogens is 3. The van der Waals surface area contributed by atoms with Crippen molar-refractivity contribution < 1.29 is 30.0 Å². The molecule has 3 rings (SSSR count). The number of alkyl halides is 2. The average Bonchev–Trinajstić information content (AvgIpc) is 3.35. The summed E-state index contributed by atoms with van der Waals surface area (Å²) in [5.74, 6) is -1.79. The van der Waals surface area contributed by atoms with Gasteiger partial charge in [-0.05, 0) is 30.5 Å². The normalized spacial score (nSPS) is 15.6. The maximum Gasteiger partial charge on any atom is 0.324 e. The molecule has 1 aliphatic rings. The first-order valence-corrected chi connectivity index (χ1v) is 11.2. The van der Waals surface area contributed by atoms with Gasteiger partial charge in [0.2, 0.25) is 5.82 Å². The molecule has 0 atom stereocenters. The zero-order valence-electron chi connectivity index (χ0n) is 15.4. The molecule has 1 aromatic carbocycles. The van der Waals surface area contributed by atoms with Gasteiger partial charge in [0, 0.05) is 26.7 Å². The van der Waals surface area contributed by atoms with E-state index in [2.05, 4.69) is 10.1 Å². The van der Waals surface area contributed by atoms with Crippen molar-refractivity contribution in [3.63, 3.8) is 0 Å². The smallest absolute Gasteiger partial charge is 0.207 e. The van der Waals surface area contributed by atoms with Crippen molar-refractivity contribution in [2.24, 2.45) is 0 Å². The molecule has 9 nitrogen and oxygen atoms in total. The predicted molar refractivity (Wildman–Crippen MR) is 95.1 cm³/mol. The summed E-state index contributed by atoms with van der Waals surface area (Å²) >= 11 is 0. The minimum atomic E-state index is -4.51. The van der Waals surface area contributed by atoms with Gasteiger partial charge in [0.25, 0.3) is 21.6 Å². The average molecular weight is 453 g/mol. The third kappa shape index (κ3) is 4.29. The molecular weight excluding hydrogens is 435 g/mol. The van der Waals surface area contributed by atoms with E-state index in [1.165, 1.54) is 24.3 Å². The molecule has 0 aliphatic heterocycles. The summed E-state index contributed by atoms with van der Waals surface area (Å²) in [5, 5.41) is 2.35. The highest BCUT2D eigenvalue weighted by Gasteiger charge is 2.42. The number of hydrogen-bond acceptors (Lipinski definition) is 6. The lowest BCUT2D eigenvalue weighted by Gasteiger charge is -2.20. The van der Waals surface area contributed by atoms with E-state index in [1.54, 1.807) is 0 Å². The summed E-state index contributed by atoms with van der Waals surface area (Å²) < 4.78 is 91.9. The molecule has 0 N–H and O–H groups in total. The van der Waals surface area contributed by atoms with E-state index in [0.717, 1.165) is 18.4 Å². The van der Waals surface area contributed by atoms with Gasteiger partial charge in [-0.25, -0.2) is 21.6 Å². The molecule has 1 aromatic heterocycles. The molecule has 0 saturated heterocycles. The van der Waals surface area contributed by atoms with Crippen LogP contribution in [0.15, 0.2) is 29.4 Å². The van der Waals surface area contributed by atoms with E-state index in [4.69, 9.17) is 0 Å². The standard InChI is InChI=1S/C15H18F3N5O4S2/c1-21(2)29(26,27)23-14(13(17)18)19-15(20-23)28(24,25)22(12-7-8-12)9-10-3-5-11(16)6-4-10/h3-6,12-13H,7-9H2,1-2H3. The SMILES string of the molecule is CN(C)S(=O)(=O)n1nc(S(=O)(=O)N(Cc2ccc(F)cc2)C2CC2)nc1C(F)F. The number of benzene rings is 1. The van der Waals surface area contributed by atoms with Crippen LogP contribution in [0.4, 0.5) is 13.2 Å². The fraction of sp³-hybridized carbons (Fsp3) is 0.467. The van der Waals surface area contributed by atoms with Gasteiger partial charge in [-0.15, -0.1) is 9.19 Å². The number of nitrogens with zero attached hydrogens (tertiary/aromatic N) is 5. The first-order chi connectivity index (χ1) is 13.4. The second-order valence-electron chi connectivity index (χ2n) is 6.59. The van der Waals surface area contributed by atoms with Crippen LogP contribution < -0.4 is 0 Å². The molecular formula is C15H18F3N5O4S2. The van der Waals surface area contributed by atoms with Gasteiger partial charge in [0.05, 0.1) is 0 Å². The van der Waals surface area contributed by atoms with E-state index < -0.39 is 49.5 Å². The van der Waals surface area contributed by atoms with Crippen LogP contribution >= 0.6 is 0 Å². The van der Waals surface area contributed by atoms with Crippen LogP contribution in [0, 0.1) is 5.82 Å². The first-order valence-electron chi connectivity index (χ1n) is 8.39. The van der Waals surface area contributed by atoms with Gasteiger partial charge in [-0.2, -0.15) is 22.0 Å². The lowest BCUT2D eigenvalue weighted by Crippen LogP contribution is -2.34. The van der Waals surface area contributed by atoms with Gasteiger partial charge in [-0.3, -0.25) is 0 Å². The van der Waals surface area contributed by atoms with Crippen LogP contribution in [0.1, 0.15) is 30.7 Å². The molecule has 1 heterocycles. The number of sulfonamides is 1. The predicted octanol–water partition coefficient (Wildman–Crippen LogP) is 1.36. The quantitative estimate of drug-likeness (QED) is 0.598. The number of hydrogen-bond donors (Lipinski definition) is 0. The zero-order chi connectivity index (χ0) is 21.6. The molecule has 1 saturated carbocycles. The van der Waals surface area contributed by atoms with Crippen LogP contribution in [0.5, 0.6) is 0 Å². The maximum absolute atomic E-state index is 13.3. The van der Waals surface area contributed by atoms with E-state index in [1.807, 2.05) is 0 Å². The van der Waals surface area contributed by atoms with Crippen molar-refractivity contribution in [1.29, 1.82) is 0 Å². The minimum Gasteiger partial charge on any atom is -0.207 e. The second kappa shape index (κ2) is 7.66. The molecule has 29 heavy (non-hydrogen) atoms. The van der Waals surface area contributed by atoms with Crippen LogP contribution in [-0.2, 0) is 26.8 Å². The fourth-order valence-corrected chi connectivity index (χ4v) is 4.93. The van der Waals surface area contributed by atoms with E-state index in [0.29, 0.717) is 22.7 Å². The lowest BCUT2D eigenvalue weighted by molar-refractivity contribution is 0.138. The monoisotopic (exact) mass is 453 g/mol. The summed E-state index contributed by atoms with van der Waals surface area (Å²) in [6, 6.07) is 4.72. The Bertz CT molecular complexity index is 1100. The molecule has 0 bridgehead atoms. The van der Waals surface area contributed by atoms with Crippen molar-refractivity contribution in [3.05, 3.63) is 41.5 Å². The van der Waals surface area contributed by atoms with Crippen molar-refractivity contribution in [2.75, 3.05) is 14.1 Å². The molecule has 1 aliphatic carbocycles. The van der Waals surface area contributed by atoms with Crippen molar-refractivity contribution in [2.45, 2.75) is 37.0 Å². The van der Waals surface area contributed by atoms with Crippen LogP contribution in [0.3, 0.4) is 0 Å². The van der Waals surface area contributed by atoms with Crippen LogP contribution in [0.2, 0.25) is 0 Å². The number of halogens is 3. The number of rotatable bonds is 8. The summed E-state index contributed by atoms with van der Waals surface area (Å²) in [5.41, 5.74) is 0.469. The van der Waals surface area contributed by atoms with Gasteiger partial charge in [-0.1, -0.05) is 12.1 Å². The summed E-state index contributed by atoms with van der Waals surface area (Å²) in [7, 11) is -6.82. The molecule has 0 amide bonds. The van der Waals surface area contributed by atoms with Crippen molar-refractivity contribution in [3.8, 4) is 0 Å². The van der Waals surface area contributed by atoms with Gasteiger partial charge in [0.1, 0.15) is 5.82 Å². The summed E-state index contributed by atoms with van der Waals surface area (Å²) in [4.78, 5) is 3.32. The highest BCUT2D eigenvalue weighted by atomic mass is 32.2.